The first-order chi connectivity index (χ1) is 20.7. The SMILES string of the molecule is O=C(NC1CCN(C(=O)c2cc(C(F)(F)F)cc(C(F)(F)F)c2)C(Cc2ccccc2)C1)c1cc(=O)c2cc(Cl)ccc2o1. The third kappa shape index (κ3) is 6.91. The minimum absolute atomic E-state index is 0.0280. The Kier molecular flexibility index (Phi) is 8.48. The maximum atomic E-state index is 13.5. The second-order valence-electron chi connectivity index (χ2n) is 10.4. The van der Waals surface area contributed by atoms with Crippen LogP contribution in [-0.2, 0) is 18.8 Å². The summed E-state index contributed by atoms with van der Waals surface area (Å²) in [5.41, 5.74) is -3.49. The molecule has 3 aromatic carbocycles. The van der Waals surface area contributed by atoms with Gasteiger partial charge in [-0.15, -0.1) is 0 Å². The lowest BCUT2D eigenvalue weighted by atomic mass is 9.91. The number of nitrogens with one attached hydrogen (secondary N) is 1. The van der Waals surface area contributed by atoms with E-state index >= 15 is 0 Å². The predicted molar refractivity (Wildman–Crippen MR) is 149 cm³/mol. The van der Waals surface area contributed by atoms with Gasteiger partial charge < -0.3 is 14.6 Å². The van der Waals surface area contributed by atoms with Crippen molar-refractivity contribution in [3.63, 3.8) is 0 Å². The molecular weight excluding hydrogens is 614 g/mol. The number of benzene rings is 3. The van der Waals surface area contributed by atoms with Crippen molar-refractivity contribution in [2.45, 2.75) is 43.7 Å². The Hall–Kier alpha value is -4.32. The number of alkyl halides is 6. The molecule has 1 saturated heterocycles. The molecule has 1 fully saturated rings. The third-order valence-electron chi connectivity index (χ3n) is 7.37. The van der Waals surface area contributed by atoms with Crippen LogP contribution in [0, 0.1) is 0 Å². The fourth-order valence-corrected chi connectivity index (χ4v) is 5.44. The van der Waals surface area contributed by atoms with E-state index in [1.165, 1.54) is 23.1 Å². The van der Waals surface area contributed by atoms with E-state index in [2.05, 4.69) is 5.32 Å². The van der Waals surface area contributed by atoms with E-state index in [4.69, 9.17) is 16.0 Å². The van der Waals surface area contributed by atoms with Crippen molar-refractivity contribution in [3.05, 3.63) is 116 Å². The highest BCUT2D eigenvalue weighted by Crippen LogP contribution is 2.37. The lowest BCUT2D eigenvalue weighted by molar-refractivity contribution is -0.143. The summed E-state index contributed by atoms with van der Waals surface area (Å²) in [4.78, 5) is 40.4. The molecule has 2 heterocycles. The van der Waals surface area contributed by atoms with Crippen LogP contribution in [0.1, 0.15) is 50.4 Å². The molecule has 5 rings (SSSR count). The summed E-state index contributed by atoms with van der Waals surface area (Å²) in [5, 5.41) is 3.28. The van der Waals surface area contributed by atoms with Gasteiger partial charge in [-0.1, -0.05) is 41.9 Å². The van der Waals surface area contributed by atoms with E-state index in [1.54, 1.807) is 30.3 Å². The van der Waals surface area contributed by atoms with Gasteiger partial charge in [0.25, 0.3) is 11.8 Å². The van der Waals surface area contributed by atoms with Crippen molar-refractivity contribution in [3.8, 4) is 0 Å². The highest BCUT2D eigenvalue weighted by Gasteiger charge is 2.39. The molecule has 230 valence electrons. The molecule has 0 radical (unpaired) electrons. The zero-order chi connectivity index (χ0) is 31.8. The van der Waals surface area contributed by atoms with Gasteiger partial charge in [-0.2, -0.15) is 26.3 Å². The van der Waals surface area contributed by atoms with Gasteiger partial charge in [-0.25, -0.2) is 0 Å². The summed E-state index contributed by atoms with van der Waals surface area (Å²) in [6, 6.07) is 13.8. The van der Waals surface area contributed by atoms with Gasteiger partial charge >= 0.3 is 12.4 Å². The number of hydrogen-bond acceptors (Lipinski definition) is 4. The van der Waals surface area contributed by atoms with E-state index in [0.29, 0.717) is 17.2 Å². The topological polar surface area (TPSA) is 79.6 Å². The first-order valence-corrected chi connectivity index (χ1v) is 13.8. The molecule has 44 heavy (non-hydrogen) atoms. The molecule has 4 aromatic rings. The highest BCUT2D eigenvalue weighted by molar-refractivity contribution is 6.31. The number of piperidine rings is 1. The fraction of sp³-hybridized carbons (Fsp3) is 0.258. The maximum Gasteiger partial charge on any atom is 0.416 e. The Bertz CT molecular complexity index is 1740. The van der Waals surface area contributed by atoms with Crippen LogP contribution >= 0.6 is 11.6 Å². The van der Waals surface area contributed by atoms with Crippen molar-refractivity contribution in [2.24, 2.45) is 0 Å². The molecular formula is C31H23ClF6N2O4. The van der Waals surface area contributed by atoms with Crippen LogP contribution in [0.2, 0.25) is 5.02 Å². The minimum Gasteiger partial charge on any atom is -0.451 e. The molecule has 2 unspecified atom stereocenters. The zero-order valence-corrected chi connectivity index (χ0v) is 23.4. The molecule has 0 saturated carbocycles. The molecule has 1 aliphatic heterocycles. The van der Waals surface area contributed by atoms with E-state index < -0.39 is 58.4 Å². The van der Waals surface area contributed by atoms with Crippen molar-refractivity contribution in [1.82, 2.24) is 10.2 Å². The van der Waals surface area contributed by atoms with Crippen LogP contribution in [0.15, 0.2) is 82.0 Å². The van der Waals surface area contributed by atoms with Gasteiger partial charge in [0.05, 0.1) is 16.5 Å². The number of carbonyl (C=O) groups is 2. The number of fused-ring (bicyclic) bond motifs is 1. The number of halogens is 7. The Morgan fingerprint density at radius 2 is 1.57 bits per heavy atom. The van der Waals surface area contributed by atoms with E-state index in [0.717, 1.165) is 11.6 Å². The highest BCUT2D eigenvalue weighted by atomic mass is 35.5. The first kappa shape index (κ1) is 31.1. The van der Waals surface area contributed by atoms with Gasteiger partial charge in [-0.3, -0.25) is 14.4 Å². The lowest BCUT2D eigenvalue weighted by Gasteiger charge is -2.40. The van der Waals surface area contributed by atoms with E-state index in [-0.39, 0.29) is 48.6 Å². The summed E-state index contributed by atoms with van der Waals surface area (Å²) >= 11 is 5.93. The molecule has 6 nitrogen and oxygen atoms in total. The summed E-state index contributed by atoms with van der Waals surface area (Å²) < 4.78 is 86.5. The average molecular weight is 637 g/mol. The Balaban J connectivity index is 1.42. The fourth-order valence-electron chi connectivity index (χ4n) is 5.27. The number of hydrogen-bond donors (Lipinski definition) is 1. The van der Waals surface area contributed by atoms with Gasteiger partial charge in [0, 0.05) is 35.3 Å². The molecule has 2 atom stereocenters. The molecule has 13 heteroatoms. The monoisotopic (exact) mass is 636 g/mol. The Morgan fingerprint density at radius 3 is 2.20 bits per heavy atom. The number of nitrogens with zero attached hydrogens (tertiary/aromatic N) is 1. The standard InChI is InChI=1S/C31H23ClF6N2O4/c32-21-6-7-26-24(14-21)25(41)16-27(44-26)28(42)39-22-8-9-40(23(15-22)10-17-4-2-1-3-5-17)29(43)18-11-19(30(33,34)35)13-20(12-18)31(36,37)38/h1-7,11-14,16,22-23H,8-10,15H2,(H,39,42). The number of likely N-dealkylation sites (tertiary alicyclic amines) is 1. The van der Waals surface area contributed by atoms with Gasteiger partial charge in [0.1, 0.15) is 5.58 Å². The van der Waals surface area contributed by atoms with Crippen LogP contribution in [0.4, 0.5) is 26.3 Å². The van der Waals surface area contributed by atoms with Crippen molar-refractivity contribution >= 4 is 34.4 Å². The molecule has 1 N–H and O–H groups in total. The second-order valence-corrected chi connectivity index (χ2v) is 10.9. The Labute approximate surface area is 251 Å². The summed E-state index contributed by atoms with van der Waals surface area (Å²) in [6.07, 6.45) is -9.73. The summed E-state index contributed by atoms with van der Waals surface area (Å²) in [5.74, 6) is -1.95. The molecule has 2 amide bonds. The number of amides is 2. The summed E-state index contributed by atoms with van der Waals surface area (Å²) in [6.45, 7) is -0.0704. The van der Waals surface area contributed by atoms with E-state index in [1.807, 2.05) is 0 Å². The molecule has 1 aliphatic rings. The predicted octanol–water partition coefficient (Wildman–Crippen LogP) is 7.13. The van der Waals surface area contributed by atoms with E-state index in [9.17, 15) is 40.7 Å². The van der Waals surface area contributed by atoms with Gasteiger partial charge in [-0.05, 0) is 61.2 Å². The molecule has 0 spiro atoms. The maximum absolute atomic E-state index is 13.5. The molecule has 1 aromatic heterocycles. The van der Waals surface area contributed by atoms with Crippen LogP contribution in [-0.4, -0.2) is 35.3 Å². The van der Waals surface area contributed by atoms with Crippen LogP contribution in [0.25, 0.3) is 11.0 Å². The Morgan fingerprint density at radius 1 is 0.909 bits per heavy atom. The molecule has 0 bridgehead atoms. The summed E-state index contributed by atoms with van der Waals surface area (Å²) in [7, 11) is 0. The van der Waals surface area contributed by atoms with Crippen LogP contribution < -0.4 is 10.7 Å². The first-order valence-electron chi connectivity index (χ1n) is 13.4. The lowest BCUT2D eigenvalue weighted by Crippen LogP contribution is -2.52. The zero-order valence-electron chi connectivity index (χ0n) is 22.6. The quantitative estimate of drug-likeness (QED) is 0.237. The van der Waals surface area contributed by atoms with Crippen molar-refractivity contribution < 1.29 is 40.3 Å². The van der Waals surface area contributed by atoms with Crippen molar-refractivity contribution in [2.75, 3.05) is 6.54 Å². The normalized spacial score (nSPS) is 17.5. The average Bonchev–Trinajstić information content (AvgIpc) is 2.96. The van der Waals surface area contributed by atoms with Gasteiger partial charge in [0.2, 0.25) is 0 Å². The van der Waals surface area contributed by atoms with Crippen molar-refractivity contribution in [1.29, 1.82) is 0 Å². The van der Waals surface area contributed by atoms with Gasteiger partial charge in [0.15, 0.2) is 11.2 Å². The smallest absolute Gasteiger partial charge is 0.416 e. The second kappa shape index (κ2) is 12.0. The number of rotatable bonds is 5. The number of carbonyl (C=O) groups excluding carboxylic acids is 2. The third-order valence-corrected chi connectivity index (χ3v) is 7.61. The minimum atomic E-state index is -5.11. The molecule has 0 aliphatic carbocycles. The largest absolute Gasteiger partial charge is 0.451 e. The van der Waals surface area contributed by atoms with Crippen LogP contribution in [0.3, 0.4) is 0 Å². The van der Waals surface area contributed by atoms with Crippen LogP contribution in [0.5, 0.6) is 0 Å².